The quantitative estimate of drug-likeness (QED) is 0.299. The summed E-state index contributed by atoms with van der Waals surface area (Å²) in [5.74, 6) is -7.26. The first-order valence-corrected chi connectivity index (χ1v) is 6.16. The third-order valence-corrected chi connectivity index (χ3v) is 3.44. The van der Waals surface area contributed by atoms with Crippen LogP contribution in [0.5, 0.6) is 11.5 Å². The van der Waals surface area contributed by atoms with E-state index in [1.54, 1.807) is 0 Å². The number of methoxy groups -OCH3 is 1. The van der Waals surface area contributed by atoms with Gasteiger partial charge in [-0.3, -0.25) is 4.79 Å². The number of Topliss-reactive ketones (excluding diaryl/α,β-unsaturated/α-hetero) is 1. The van der Waals surface area contributed by atoms with Crippen LogP contribution in [0, 0.1) is 5.92 Å². The van der Waals surface area contributed by atoms with Crippen molar-refractivity contribution in [2.45, 2.75) is 18.0 Å². The second-order valence-corrected chi connectivity index (χ2v) is 5.01. The Kier molecular flexibility index (Phi) is 3.77. The maximum atomic E-state index is 12.3. The van der Waals surface area contributed by atoms with Crippen molar-refractivity contribution in [3.05, 3.63) is 35.9 Å². The molecule has 1 aliphatic carbocycles. The molecule has 1 aliphatic rings. The molecule has 2 rings (SSSR count). The first-order valence-electron chi connectivity index (χ1n) is 6.16. The molecule has 0 saturated heterocycles. The number of carbonyl (C=O) groups excluding carboxylic acids is 1. The summed E-state index contributed by atoms with van der Waals surface area (Å²) in [6.45, 7) is 0. The minimum atomic E-state index is -2.54. The molecule has 114 valence electrons. The number of ketones is 1. The van der Waals surface area contributed by atoms with E-state index in [0.29, 0.717) is 0 Å². The third-order valence-electron chi connectivity index (χ3n) is 3.44. The molecule has 7 nitrogen and oxygen atoms in total. The number of phenolic OH excluding ortho intramolecular Hbond substituents is 2. The highest BCUT2D eigenvalue weighted by molar-refractivity contribution is 6.02. The Morgan fingerprint density at radius 2 is 1.95 bits per heavy atom. The third kappa shape index (κ3) is 2.91. The molecule has 0 aliphatic heterocycles. The van der Waals surface area contributed by atoms with Gasteiger partial charge in [0.2, 0.25) is 0 Å². The fraction of sp³-hybridized carbons (Fsp3) is 0.357. The van der Waals surface area contributed by atoms with Gasteiger partial charge in [-0.2, -0.15) is 0 Å². The van der Waals surface area contributed by atoms with Crippen LogP contribution in [-0.2, 0) is 4.74 Å². The van der Waals surface area contributed by atoms with Gasteiger partial charge in [0.05, 0.1) is 17.9 Å². The van der Waals surface area contributed by atoms with Crippen molar-refractivity contribution >= 4 is 5.78 Å². The van der Waals surface area contributed by atoms with Crippen LogP contribution >= 0.6 is 0 Å². The predicted molar refractivity (Wildman–Crippen MR) is 70.5 cm³/mol. The zero-order chi connectivity index (χ0) is 15.8. The molecule has 2 atom stereocenters. The van der Waals surface area contributed by atoms with Crippen molar-refractivity contribution in [1.82, 2.24) is 0 Å². The van der Waals surface area contributed by atoms with Gasteiger partial charge in [0.25, 0.3) is 0 Å². The van der Waals surface area contributed by atoms with Crippen LogP contribution in [0.3, 0.4) is 0 Å². The van der Waals surface area contributed by atoms with Gasteiger partial charge in [0.1, 0.15) is 11.5 Å². The monoisotopic (exact) mass is 296 g/mol. The number of hydrogen-bond donors (Lipinski definition) is 5. The van der Waals surface area contributed by atoms with Gasteiger partial charge in [-0.15, -0.1) is 0 Å². The number of aliphatic hydroxyl groups is 3. The van der Waals surface area contributed by atoms with E-state index in [0.717, 1.165) is 18.2 Å². The lowest BCUT2D eigenvalue weighted by Crippen LogP contribution is -2.51. The van der Waals surface area contributed by atoms with E-state index in [9.17, 15) is 30.3 Å². The minimum Gasteiger partial charge on any atom is -0.508 e. The number of ether oxygens (including phenoxy) is 1. The average Bonchev–Trinajstić information content (AvgIpc) is 2.37. The zero-order valence-electron chi connectivity index (χ0n) is 11.2. The van der Waals surface area contributed by atoms with Gasteiger partial charge in [0, 0.05) is 13.2 Å². The van der Waals surface area contributed by atoms with Gasteiger partial charge in [-0.1, -0.05) is 6.08 Å². The largest absolute Gasteiger partial charge is 0.508 e. The smallest absolute Gasteiger partial charge is 0.190 e. The Morgan fingerprint density at radius 1 is 1.29 bits per heavy atom. The molecular formula is C14H16O7. The highest BCUT2D eigenvalue weighted by Gasteiger charge is 2.48. The Morgan fingerprint density at radius 3 is 2.48 bits per heavy atom. The van der Waals surface area contributed by atoms with Crippen LogP contribution in [0.15, 0.2) is 30.4 Å². The van der Waals surface area contributed by atoms with E-state index in [1.807, 2.05) is 0 Å². The van der Waals surface area contributed by atoms with Crippen molar-refractivity contribution in [3.63, 3.8) is 0 Å². The molecule has 0 saturated carbocycles. The molecular weight excluding hydrogens is 280 g/mol. The van der Waals surface area contributed by atoms with E-state index in [4.69, 9.17) is 4.74 Å². The van der Waals surface area contributed by atoms with Gasteiger partial charge >= 0.3 is 0 Å². The van der Waals surface area contributed by atoms with Crippen molar-refractivity contribution in [2.75, 3.05) is 7.11 Å². The Balaban J connectivity index is 2.37. The predicted octanol–water partition coefficient (Wildman–Crippen LogP) is -0.127. The summed E-state index contributed by atoms with van der Waals surface area (Å²) in [5, 5.41) is 48.7. The summed E-state index contributed by atoms with van der Waals surface area (Å²) in [7, 11) is 1.19. The number of aromatic hydroxyl groups is 2. The molecule has 5 N–H and O–H groups in total. The standard InChI is InChI=1S/C14H16O7/c1-21-13(18)5-4-10(14(19,20)7-13)12(17)9-3-2-8(15)6-11(9)16/h2-6,10,15-16,18-20H,7H2,1H3. The maximum Gasteiger partial charge on any atom is 0.190 e. The summed E-state index contributed by atoms with van der Waals surface area (Å²) in [6, 6.07) is 3.34. The van der Waals surface area contributed by atoms with Crippen molar-refractivity contribution in [1.29, 1.82) is 0 Å². The fourth-order valence-electron chi connectivity index (χ4n) is 2.28. The van der Waals surface area contributed by atoms with E-state index in [2.05, 4.69) is 0 Å². The van der Waals surface area contributed by atoms with Crippen molar-refractivity contribution in [2.24, 2.45) is 5.92 Å². The van der Waals surface area contributed by atoms with Crippen LogP contribution in [0.25, 0.3) is 0 Å². The molecule has 0 amide bonds. The van der Waals surface area contributed by atoms with E-state index < -0.39 is 35.4 Å². The highest BCUT2D eigenvalue weighted by Crippen LogP contribution is 2.37. The number of hydrogen-bond acceptors (Lipinski definition) is 7. The molecule has 0 bridgehead atoms. The Labute approximate surface area is 120 Å². The van der Waals surface area contributed by atoms with E-state index in [1.165, 1.54) is 19.2 Å². The average molecular weight is 296 g/mol. The number of benzene rings is 1. The molecule has 0 radical (unpaired) electrons. The van der Waals surface area contributed by atoms with Crippen LogP contribution in [0.1, 0.15) is 16.8 Å². The molecule has 1 aromatic rings. The number of carbonyl (C=O) groups is 1. The second-order valence-electron chi connectivity index (χ2n) is 5.01. The fourth-order valence-corrected chi connectivity index (χ4v) is 2.28. The van der Waals surface area contributed by atoms with E-state index in [-0.39, 0.29) is 11.3 Å². The summed E-state index contributed by atoms with van der Waals surface area (Å²) in [4.78, 5) is 12.3. The van der Waals surface area contributed by atoms with Gasteiger partial charge in [-0.05, 0) is 18.2 Å². The molecule has 0 spiro atoms. The molecule has 21 heavy (non-hydrogen) atoms. The SMILES string of the molecule is COC1(O)C=CC(C(=O)c2ccc(O)cc2O)C(O)(O)C1. The summed E-state index contributed by atoms with van der Waals surface area (Å²) >= 11 is 0. The highest BCUT2D eigenvalue weighted by atomic mass is 16.6. The first kappa shape index (κ1) is 15.5. The van der Waals surface area contributed by atoms with Crippen LogP contribution < -0.4 is 0 Å². The Bertz CT molecular complexity index is 593. The summed E-state index contributed by atoms with van der Waals surface area (Å²) in [5.41, 5.74) is -0.169. The Hall–Kier alpha value is -1.93. The van der Waals surface area contributed by atoms with Crippen molar-refractivity contribution in [3.8, 4) is 11.5 Å². The number of phenols is 2. The van der Waals surface area contributed by atoms with Gasteiger partial charge in [-0.25, -0.2) is 0 Å². The second kappa shape index (κ2) is 5.12. The number of rotatable bonds is 3. The summed E-state index contributed by atoms with van der Waals surface area (Å²) < 4.78 is 4.74. The summed E-state index contributed by atoms with van der Waals surface area (Å²) in [6.07, 6.45) is 1.64. The van der Waals surface area contributed by atoms with Crippen molar-refractivity contribution < 1.29 is 35.1 Å². The minimum absolute atomic E-state index is 0.169. The molecule has 1 aromatic carbocycles. The molecule has 0 fully saturated rings. The molecule has 0 heterocycles. The molecule has 7 heteroatoms. The first-order chi connectivity index (χ1) is 9.68. The van der Waals surface area contributed by atoms with Gasteiger partial charge < -0.3 is 30.3 Å². The molecule has 2 unspecified atom stereocenters. The van der Waals surface area contributed by atoms with Crippen LogP contribution in [0.4, 0.5) is 0 Å². The van der Waals surface area contributed by atoms with Crippen LogP contribution in [-0.4, -0.2) is 50.0 Å². The molecule has 0 aromatic heterocycles. The lowest BCUT2D eigenvalue weighted by Gasteiger charge is -2.38. The van der Waals surface area contributed by atoms with E-state index >= 15 is 0 Å². The maximum absolute atomic E-state index is 12.3. The topological polar surface area (TPSA) is 127 Å². The zero-order valence-corrected chi connectivity index (χ0v) is 11.2. The van der Waals surface area contributed by atoms with Crippen LogP contribution in [0.2, 0.25) is 0 Å². The van der Waals surface area contributed by atoms with Gasteiger partial charge in [0.15, 0.2) is 17.4 Å². The normalized spacial score (nSPS) is 27.5. The lowest BCUT2D eigenvalue weighted by atomic mass is 9.81. The lowest BCUT2D eigenvalue weighted by molar-refractivity contribution is -0.260.